The Balaban J connectivity index is 1.56. The molecule has 0 fully saturated rings. The zero-order chi connectivity index (χ0) is 14.1. The first kappa shape index (κ1) is 12.2. The van der Waals surface area contributed by atoms with E-state index in [9.17, 15) is 0 Å². The van der Waals surface area contributed by atoms with Crippen LogP contribution in [0, 0.1) is 0 Å². The highest BCUT2D eigenvalue weighted by molar-refractivity contribution is 7.20. The van der Waals surface area contributed by atoms with Gasteiger partial charge in [-0.05, 0) is 12.1 Å². The van der Waals surface area contributed by atoms with Gasteiger partial charge < -0.3 is 9.73 Å². The van der Waals surface area contributed by atoms with E-state index in [0.717, 1.165) is 27.1 Å². The van der Waals surface area contributed by atoms with Gasteiger partial charge in [-0.2, -0.15) is 0 Å². The maximum atomic E-state index is 5.28. The number of imidazole rings is 1. The van der Waals surface area contributed by atoms with Gasteiger partial charge in [0.2, 0.25) is 10.1 Å². The molecule has 0 unspecified atom stereocenters. The first-order valence-electron chi connectivity index (χ1n) is 6.56. The summed E-state index contributed by atoms with van der Waals surface area (Å²) in [5, 5.41) is 8.54. The summed E-state index contributed by atoms with van der Waals surface area (Å²) >= 11 is 1.52. The zero-order valence-corrected chi connectivity index (χ0v) is 11.9. The zero-order valence-electron chi connectivity index (χ0n) is 11.1. The number of nitrogens with zero attached hydrogens (tertiary/aromatic N) is 3. The van der Waals surface area contributed by atoms with Crippen LogP contribution in [0.15, 0.2) is 59.3 Å². The summed E-state index contributed by atoms with van der Waals surface area (Å²) in [5.74, 6) is 0.882. The van der Waals surface area contributed by atoms with Crippen molar-refractivity contribution in [2.45, 2.75) is 6.54 Å². The monoisotopic (exact) mass is 296 g/mol. The molecule has 21 heavy (non-hydrogen) atoms. The number of furan rings is 1. The van der Waals surface area contributed by atoms with Crippen LogP contribution in [0.3, 0.4) is 0 Å². The first-order valence-corrected chi connectivity index (χ1v) is 7.38. The molecule has 1 N–H and O–H groups in total. The minimum atomic E-state index is 0.620. The minimum absolute atomic E-state index is 0.620. The number of hydrogen-bond acceptors (Lipinski definition) is 5. The molecule has 5 nitrogen and oxygen atoms in total. The van der Waals surface area contributed by atoms with Crippen LogP contribution in [0.5, 0.6) is 0 Å². The lowest BCUT2D eigenvalue weighted by Crippen LogP contribution is -1.98. The molecule has 0 amide bonds. The van der Waals surface area contributed by atoms with E-state index in [0.29, 0.717) is 6.54 Å². The van der Waals surface area contributed by atoms with Gasteiger partial charge in [0, 0.05) is 5.56 Å². The van der Waals surface area contributed by atoms with E-state index in [1.807, 2.05) is 48.7 Å². The van der Waals surface area contributed by atoms with Crippen LogP contribution in [0.1, 0.15) is 5.76 Å². The number of fused-ring (bicyclic) bond motifs is 1. The van der Waals surface area contributed by atoms with Crippen molar-refractivity contribution in [2.75, 3.05) is 5.32 Å². The van der Waals surface area contributed by atoms with Crippen LogP contribution in [0.2, 0.25) is 0 Å². The normalized spacial score (nSPS) is 11.0. The Morgan fingerprint density at radius 1 is 1.14 bits per heavy atom. The van der Waals surface area contributed by atoms with Crippen LogP contribution in [-0.4, -0.2) is 14.6 Å². The van der Waals surface area contributed by atoms with Crippen molar-refractivity contribution in [2.24, 2.45) is 0 Å². The van der Waals surface area contributed by atoms with Crippen molar-refractivity contribution in [3.05, 3.63) is 60.7 Å². The van der Waals surface area contributed by atoms with Crippen LogP contribution >= 0.6 is 11.3 Å². The van der Waals surface area contributed by atoms with E-state index >= 15 is 0 Å². The Morgan fingerprint density at radius 3 is 2.81 bits per heavy atom. The van der Waals surface area contributed by atoms with Gasteiger partial charge in [-0.25, -0.2) is 9.50 Å². The molecule has 3 heterocycles. The molecule has 0 aliphatic rings. The topological polar surface area (TPSA) is 55.4 Å². The van der Waals surface area contributed by atoms with Gasteiger partial charge >= 0.3 is 0 Å². The standard InChI is InChI=1S/C15H12N4OS/c1-2-5-11(6-3-1)13-10-19-15(17-13)21-14(18-19)16-9-12-7-4-8-20-12/h1-8,10H,9H2,(H,16,18). The number of aromatic nitrogens is 3. The second-order valence-electron chi connectivity index (χ2n) is 4.56. The molecule has 0 radical (unpaired) electrons. The minimum Gasteiger partial charge on any atom is -0.467 e. The van der Waals surface area contributed by atoms with Crippen LogP contribution in [0.25, 0.3) is 16.2 Å². The average Bonchev–Trinajstić information content (AvgIpc) is 3.22. The number of benzene rings is 1. The van der Waals surface area contributed by atoms with Crippen LogP contribution in [-0.2, 0) is 6.54 Å². The highest BCUT2D eigenvalue weighted by Crippen LogP contribution is 2.24. The van der Waals surface area contributed by atoms with Crippen molar-refractivity contribution < 1.29 is 4.42 Å². The number of rotatable bonds is 4. The third-order valence-electron chi connectivity index (χ3n) is 3.11. The first-order chi connectivity index (χ1) is 10.4. The highest BCUT2D eigenvalue weighted by Gasteiger charge is 2.09. The summed E-state index contributed by atoms with van der Waals surface area (Å²) in [6.07, 6.45) is 3.61. The molecule has 0 spiro atoms. The Hall–Kier alpha value is -2.60. The van der Waals surface area contributed by atoms with Crippen molar-refractivity contribution >= 4 is 21.4 Å². The summed E-state index contributed by atoms with van der Waals surface area (Å²) in [7, 11) is 0. The maximum absolute atomic E-state index is 5.28. The number of anilines is 1. The van der Waals surface area contributed by atoms with E-state index < -0.39 is 0 Å². The summed E-state index contributed by atoms with van der Waals surface area (Å²) in [6.45, 7) is 0.620. The SMILES string of the molecule is c1ccc(-c2cn3nc(NCc4ccco4)sc3n2)cc1. The molecular weight excluding hydrogens is 284 g/mol. The molecule has 0 atom stereocenters. The van der Waals surface area contributed by atoms with Gasteiger partial charge in [0.25, 0.3) is 0 Å². The van der Waals surface area contributed by atoms with E-state index in [4.69, 9.17) is 4.42 Å². The smallest absolute Gasteiger partial charge is 0.214 e. The van der Waals surface area contributed by atoms with Gasteiger partial charge in [0.1, 0.15) is 5.76 Å². The van der Waals surface area contributed by atoms with E-state index in [1.54, 1.807) is 10.8 Å². The highest BCUT2D eigenvalue weighted by atomic mass is 32.1. The third-order valence-corrected chi connectivity index (χ3v) is 3.99. The van der Waals surface area contributed by atoms with Gasteiger partial charge in [0.15, 0.2) is 0 Å². The second-order valence-corrected chi connectivity index (χ2v) is 5.52. The van der Waals surface area contributed by atoms with Crippen LogP contribution < -0.4 is 5.32 Å². The molecule has 4 aromatic rings. The Labute approximate surface area is 124 Å². The Kier molecular flexibility index (Phi) is 2.93. The molecule has 3 aromatic heterocycles. The van der Waals surface area contributed by atoms with E-state index in [-0.39, 0.29) is 0 Å². The molecule has 4 rings (SSSR count). The fraction of sp³-hybridized carbons (Fsp3) is 0.0667. The van der Waals surface area contributed by atoms with Crippen molar-refractivity contribution in [3.63, 3.8) is 0 Å². The quantitative estimate of drug-likeness (QED) is 0.624. The van der Waals surface area contributed by atoms with Gasteiger partial charge in [-0.3, -0.25) is 0 Å². The van der Waals surface area contributed by atoms with Crippen molar-refractivity contribution in [3.8, 4) is 11.3 Å². The van der Waals surface area contributed by atoms with E-state index in [1.165, 1.54) is 11.3 Å². The summed E-state index contributed by atoms with van der Waals surface area (Å²) in [4.78, 5) is 5.48. The lowest BCUT2D eigenvalue weighted by atomic mass is 10.2. The van der Waals surface area contributed by atoms with Crippen molar-refractivity contribution in [1.82, 2.24) is 14.6 Å². The molecule has 0 aliphatic carbocycles. The third kappa shape index (κ3) is 2.41. The van der Waals surface area contributed by atoms with Crippen molar-refractivity contribution in [1.29, 1.82) is 0 Å². The largest absolute Gasteiger partial charge is 0.467 e. The molecular formula is C15H12N4OS. The molecule has 0 bridgehead atoms. The lowest BCUT2D eigenvalue weighted by molar-refractivity contribution is 0.518. The fourth-order valence-electron chi connectivity index (χ4n) is 2.10. The molecule has 0 saturated heterocycles. The number of hydrogen-bond donors (Lipinski definition) is 1. The molecule has 104 valence electrons. The Bertz CT molecular complexity index is 817. The summed E-state index contributed by atoms with van der Waals surface area (Å²) in [6, 6.07) is 13.9. The molecule has 0 aliphatic heterocycles. The molecule has 1 aromatic carbocycles. The fourth-order valence-corrected chi connectivity index (χ4v) is 2.87. The van der Waals surface area contributed by atoms with Gasteiger partial charge in [0.05, 0.1) is 24.7 Å². The predicted octanol–water partition coefficient (Wildman–Crippen LogP) is 3.66. The van der Waals surface area contributed by atoms with E-state index in [2.05, 4.69) is 15.4 Å². The molecule has 6 heteroatoms. The van der Waals surface area contributed by atoms with Gasteiger partial charge in [-0.15, -0.1) is 5.10 Å². The maximum Gasteiger partial charge on any atom is 0.214 e. The predicted molar refractivity (Wildman–Crippen MR) is 82.3 cm³/mol. The molecule has 0 saturated carbocycles. The summed E-state index contributed by atoms with van der Waals surface area (Å²) < 4.78 is 7.08. The van der Waals surface area contributed by atoms with Gasteiger partial charge in [-0.1, -0.05) is 41.7 Å². The lowest BCUT2D eigenvalue weighted by Gasteiger charge is -1.97. The number of nitrogens with one attached hydrogen (secondary N) is 1. The Morgan fingerprint density at radius 2 is 2.05 bits per heavy atom. The average molecular weight is 296 g/mol. The second kappa shape index (κ2) is 5.06. The van der Waals surface area contributed by atoms with Crippen LogP contribution in [0.4, 0.5) is 5.13 Å². The summed E-state index contributed by atoms with van der Waals surface area (Å²) in [5.41, 5.74) is 2.03.